The Hall–Kier alpha value is -2.06. The minimum Gasteiger partial charge on any atom is -0.344 e. The van der Waals surface area contributed by atoms with Gasteiger partial charge in [-0.2, -0.15) is 0 Å². The van der Waals surface area contributed by atoms with Crippen LogP contribution >= 0.6 is 0 Å². The normalized spacial score (nSPS) is 20.8. The number of aromatic nitrogens is 1. The number of hydrogen-bond acceptors (Lipinski definition) is 1. The molecule has 0 amide bonds. The Labute approximate surface area is 151 Å². The highest BCUT2D eigenvalue weighted by Gasteiger charge is 2.31. The fourth-order valence-electron chi connectivity index (χ4n) is 4.50. The summed E-state index contributed by atoms with van der Waals surface area (Å²) in [6, 6.07) is 18.7. The van der Waals surface area contributed by atoms with Crippen LogP contribution in [0.25, 0.3) is 10.9 Å². The molecule has 0 saturated carbocycles. The van der Waals surface area contributed by atoms with Gasteiger partial charge in [-0.25, -0.2) is 0 Å². The fourth-order valence-corrected chi connectivity index (χ4v) is 4.50. The molecule has 4 rings (SSSR count). The van der Waals surface area contributed by atoms with Crippen LogP contribution in [0.4, 0.5) is 0 Å². The molecule has 0 fully saturated rings. The van der Waals surface area contributed by atoms with Gasteiger partial charge in [-0.15, -0.1) is 0 Å². The Morgan fingerprint density at radius 3 is 2.52 bits per heavy atom. The minimum absolute atomic E-state index is 0.473. The number of fused-ring (bicyclic) bond motifs is 3. The van der Waals surface area contributed by atoms with Crippen molar-refractivity contribution in [2.75, 3.05) is 7.05 Å². The molecule has 3 aromatic rings. The van der Waals surface area contributed by atoms with E-state index in [1.807, 2.05) is 0 Å². The molecule has 0 bridgehead atoms. The lowest BCUT2D eigenvalue weighted by molar-refractivity contribution is 0.177. The van der Waals surface area contributed by atoms with Gasteiger partial charge in [-0.05, 0) is 50.9 Å². The van der Waals surface area contributed by atoms with Crippen molar-refractivity contribution in [1.29, 1.82) is 0 Å². The predicted octanol–water partition coefficient (Wildman–Crippen LogP) is 5.13. The summed E-state index contributed by atoms with van der Waals surface area (Å²) in [6.45, 7) is 8.03. The monoisotopic (exact) mass is 332 g/mol. The number of likely N-dealkylation sites (N-methyl/N-ethyl adjacent to an activating group) is 1. The molecule has 2 atom stereocenters. The molecule has 0 radical (unpaired) electrons. The third kappa shape index (κ3) is 2.69. The van der Waals surface area contributed by atoms with Crippen LogP contribution in [0.3, 0.4) is 0 Å². The fraction of sp³-hybridized carbons (Fsp3) is 0.391. The Morgan fingerprint density at radius 1 is 1.00 bits per heavy atom. The van der Waals surface area contributed by atoms with Crippen LogP contribution in [-0.2, 0) is 19.4 Å². The van der Waals surface area contributed by atoms with Crippen molar-refractivity contribution in [3.05, 3.63) is 70.9 Å². The Bertz CT molecular complexity index is 891. The summed E-state index contributed by atoms with van der Waals surface area (Å²) in [7, 11) is 2.27. The van der Waals surface area contributed by atoms with Gasteiger partial charge in [-0.3, -0.25) is 4.90 Å². The zero-order valence-corrected chi connectivity index (χ0v) is 15.8. The number of rotatable bonds is 3. The molecule has 0 N–H and O–H groups in total. The SMILES string of the molecule is Cc1cccc2c3c(n(CCc4ccccc4)c12)CC(C)N(C)C3C. The van der Waals surface area contributed by atoms with Gasteiger partial charge in [0, 0.05) is 36.1 Å². The average molecular weight is 332 g/mol. The van der Waals surface area contributed by atoms with E-state index in [0.717, 1.165) is 19.4 Å². The number of hydrogen-bond donors (Lipinski definition) is 0. The largest absolute Gasteiger partial charge is 0.344 e. The quantitative estimate of drug-likeness (QED) is 0.645. The number of benzene rings is 2. The van der Waals surface area contributed by atoms with Crippen LogP contribution in [0.5, 0.6) is 0 Å². The first-order valence-electron chi connectivity index (χ1n) is 9.44. The number of aryl methyl sites for hydroxylation is 3. The summed E-state index contributed by atoms with van der Waals surface area (Å²) in [5, 5.41) is 1.45. The van der Waals surface area contributed by atoms with E-state index in [9.17, 15) is 0 Å². The highest BCUT2D eigenvalue weighted by atomic mass is 15.2. The van der Waals surface area contributed by atoms with E-state index in [-0.39, 0.29) is 0 Å². The van der Waals surface area contributed by atoms with Gasteiger partial charge in [0.05, 0.1) is 5.52 Å². The molecule has 2 nitrogen and oxygen atoms in total. The summed E-state index contributed by atoms with van der Waals surface area (Å²) in [6.07, 6.45) is 2.23. The average Bonchev–Trinajstić information content (AvgIpc) is 2.93. The second kappa shape index (κ2) is 6.34. The minimum atomic E-state index is 0.473. The first-order valence-corrected chi connectivity index (χ1v) is 9.44. The molecular formula is C23H28N2. The van der Waals surface area contributed by atoms with E-state index < -0.39 is 0 Å². The smallest absolute Gasteiger partial charge is 0.0515 e. The summed E-state index contributed by atoms with van der Waals surface area (Å²) < 4.78 is 2.62. The van der Waals surface area contributed by atoms with E-state index in [4.69, 9.17) is 0 Å². The first kappa shape index (κ1) is 16.4. The van der Waals surface area contributed by atoms with Crippen LogP contribution in [0.1, 0.15) is 42.3 Å². The zero-order valence-electron chi connectivity index (χ0n) is 15.8. The lowest BCUT2D eigenvalue weighted by Gasteiger charge is -2.36. The maximum absolute atomic E-state index is 2.62. The van der Waals surface area contributed by atoms with Crippen LogP contribution < -0.4 is 0 Å². The second-order valence-corrected chi connectivity index (χ2v) is 7.61. The van der Waals surface area contributed by atoms with Crippen molar-refractivity contribution >= 4 is 10.9 Å². The maximum atomic E-state index is 2.62. The number of para-hydroxylation sites is 1. The maximum Gasteiger partial charge on any atom is 0.0515 e. The highest BCUT2D eigenvalue weighted by Crippen LogP contribution is 2.40. The van der Waals surface area contributed by atoms with Gasteiger partial charge < -0.3 is 4.57 Å². The van der Waals surface area contributed by atoms with Gasteiger partial charge in [-0.1, -0.05) is 48.5 Å². The Morgan fingerprint density at radius 2 is 1.76 bits per heavy atom. The van der Waals surface area contributed by atoms with Crippen LogP contribution in [-0.4, -0.2) is 22.6 Å². The van der Waals surface area contributed by atoms with Crippen molar-refractivity contribution < 1.29 is 0 Å². The molecular weight excluding hydrogens is 304 g/mol. The number of nitrogens with zero attached hydrogens (tertiary/aromatic N) is 2. The van der Waals surface area contributed by atoms with E-state index in [1.54, 1.807) is 11.3 Å². The Kier molecular flexibility index (Phi) is 4.16. The lowest BCUT2D eigenvalue weighted by Crippen LogP contribution is -2.38. The van der Waals surface area contributed by atoms with Crippen LogP contribution in [0.15, 0.2) is 48.5 Å². The topological polar surface area (TPSA) is 8.17 Å². The van der Waals surface area contributed by atoms with Gasteiger partial charge in [0.15, 0.2) is 0 Å². The van der Waals surface area contributed by atoms with Crippen molar-refractivity contribution in [2.45, 2.75) is 52.2 Å². The molecule has 130 valence electrons. The molecule has 2 unspecified atom stereocenters. The third-order valence-electron chi connectivity index (χ3n) is 6.11. The molecule has 0 aliphatic carbocycles. The van der Waals surface area contributed by atoms with Crippen LogP contribution in [0.2, 0.25) is 0 Å². The molecule has 2 heteroatoms. The second-order valence-electron chi connectivity index (χ2n) is 7.61. The Balaban J connectivity index is 1.84. The van der Waals surface area contributed by atoms with Crippen molar-refractivity contribution in [3.8, 4) is 0 Å². The van der Waals surface area contributed by atoms with Crippen molar-refractivity contribution in [3.63, 3.8) is 0 Å². The van der Waals surface area contributed by atoms with Crippen LogP contribution in [0, 0.1) is 6.92 Å². The first-order chi connectivity index (χ1) is 12.1. The molecule has 2 aromatic carbocycles. The highest BCUT2D eigenvalue weighted by molar-refractivity contribution is 5.89. The molecule has 1 aromatic heterocycles. The van der Waals surface area contributed by atoms with E-state index in [1.165, 1.54) is 22.0 Å². The molecule has 0 saturated heterocycles. The van der Waals surface area contributed by atoms with Crippen molar-refractivity contribution in [2.24, 2.45) is 0 Å². The summed E-state index contributed by atoms with van der Waals surface area (Å²) in [5.41, 5.74) is 7.35. The molecule has 2 heterocycles. The predicted molar refractivity (Wildman–Crippen MR) is 106 cm³/mol. The standard InChI is InChI=1S/C23H28N2/c1-16-9-8-12-20-22-18(3)24(4)17(2)15-21(22)25(23(16)20)14-13-19-10-6-5-7-11-19/h5-12,17-18H,13-15H2,1-4H3. The van der Waals surface area contributed by atoms with E-state index in [2.05, 4.69) is 85.8 Å². The lowest BCUT2D eigenvalue weighted by atomic mass is 9.93. The van der Waals surface area contributed by atoms with Crippen molar-refractivity contribution in [1.82, 2.24) is 9.47 Å². The zero-order chi connectivity index (χ0) is 17.6. The summed E-state index contributed by atoms with van der Waals surface area (Å²) >= 11 is 0. The summed E-state index contributed by atoms with van der Waals surface area (Å²) in [4.78, 5) is 2.52. The van der Waals surface area contributed by atoms with E-state index >= 15 is 0 Å². The van der Waals surface area contributed by atoms with Gasteiger partial charge in [0.1, 0.15) is 0 Å². The van der Waals surface area contributed by atoms with E-state index in [0.29, 0.717) is 12.1 Å². The molecule has 0 spiro atoms. The van der Waals surface area contributed by atoms with Gasteiger partial charge >= 0.3 is 0 Å². The third-order valence-corrected chi connectivity index (χ3v) is 6.11. The molecule has 1 aliphatic rings. The van der Waals surface area contributed by atoms with Gasteiger partial charge in [0.25, 0.3) is 0 Å². The molecule has 25 heavy (non-hydrogen) atoms. The molecule has 1 aliphatic heterocycles. The summed E-state index contributed by atoms with van der Waals surface area (Å²) in [5.74, 6) is 0. The van der Waals surface area contributed by atoms with Gasteiger partial charge in [0.2, 0.25) is 0 Å².